The molecule has 0 fully saturated rings. The van der Waals surface area contributed by atoms with E-state index in [-0.39, 0.29) is 30.9 Å². The fourth-order valence-corrected chi connectivity index (χ4v) is 4.23. The first-order chi connectivity index (χ1) is 15.9. The summed E-state index contributed by atoms with van der Waals surface area (Å²) in [6.07, 6.45) is 0.494. The van der Waals surface area contributed by atoms with Gasteiger partial charge in [0, 0.05) is 12.5 Å². The summed E-state index contributed by atoms with van der Waals surface area (Å²) in [7, 11) is 0. The lowest BCUT2D eigenvalue weighted by molar-refractivity contribution is -0.144. The van der Waals surface area contributed by atoms with Crippen molar-refractivity contribution in [3.63, 3.8) is 0 Å². The Bertz CT molecular complexity index is 960. The van der Waals surface area contributed by atoms with Crippen LogP contribution >= 0.6 is 0 Å². The normalized spacial score (nSPS) is 15.0. The molecule has 0 heterocycles. The molecular weight excluding hydrogens is 420 g/mol. The summed E-state index contributed by atoms with van der Waals surface area (Å²) in [5, 5.41) is 14.7. The molecule has 0 aromatic heterocycles. The van der Waals surface area contributed by atoms with E-state index in [1.54, 1.807) is 6.92 Å². The Kier molecular flexibility index (Phi) is 8.09. The van der Waals surface area contributed by atoms with Gasteiger partial charge < -0.3 is 20.5 Å². The quantitative estimate of drug-likeness (QED) is 0.502. The van der Waals surface area contributed by atoms with Crippen molar-refractivity contribution >= 4 is 18.0 Å². The van der Waals surface area contributed by atoms with E-state index < -0.39 is 24.0 Å². The Morgan fingerprint density at radius 2 is 1.55 bits per heavy atom. The number of hydrogen-bond acceptors (Lipinski definition) is 4. The number of ether oxygens (including phenoxy) is 1. The maximum Gasteiger partial charge on any atom is 0.407 e. The van der Waals surface area contributed by atoms with Gasteiger partial charge in [-0.05, 0) is 34.6 Å². The zero-order valence-electron chi connectivity index (χ0n) is 19.3. The molecule has 33 heavy (non-hydrogen) atoms. The zero-order chi connectivity index (χ0) is 24.0. The molecule has 1 aliphatic carbocycles. The smallest absolute Gasteiger partial charge is 0.407 e. The number of carbonyl (C=O) groups is 3. The topological polar surface area (TPSA) is 105 Å². The minimum atomic E-state index is -1.06. The number of alkyl carbamates (subject to hydrolysis) is 1. The number of amides is 2. The predicted octanol–water partition coefficient (Wildman–Crippen LogP) is 4.17. The van der Waals surface area contributed by atoms with E-state index in [1.807, 2.05) is 38.1 Å². The molecule has 176 valence electrons. The lowest BCUT2D eigenvalue weighted by atomic mass is 9.97. The number of carboxylic acid groups (broad SMARTS) is 1. The first-order valence-electron chi connectivity index (χ1n) is 11.5. The second kappa shape index (κ2) is 11.0. The maximum absolute atomic E-state index is 12.6. The standard InChI is InChI=1S/C26H32N2O5/c1-4-16(3)23(25(30)31)28-24(29)17(5-2)14-27-26(32)33-15-22-20-12-8-6-10-18(20)19-11-7-9-13-21(19)22/h6-13,16-17,22-23H,4-5,14-15H2,1-3H3,(H,27,32)(H,28,29)(H,30,31)/t16?,17?,23-/m0/s1. The first kappa shape index (κ1) is 24.3. The molecule has 0 radical (unpaired) electrons. The van der Waals surface area contributed by atoms with Crippen molar-refractivity contribution in [2.75, 3.05) is 13.2 Å². The van der Waals surface area contributed by atoms with E-state index in [1.165, 1.54) is 0 Å². The van der Waals surface area contributed by atoms with Gasteiger partial charge in [-0.3, -0.25) is 4.79 Å². The van der Waals surface area contributed by atoms with Crippen LogP contribution in [-0.4, -0.2) is 42.3 Å². The number of fused-ring (bicyclic) bond motifs is 3. The van der Waals surface area contributed by atoms with Crippen LogP contribution in [0.4, 0.5) is 4.79 Å². The van der Waals surface area contributed by atoms with Gasteiger partial charge in [-0.25, -0.2) is 9.59 Å². The van der Waals surface area contributed by atoms with Crippen LogP contribution in [0.1, 0.15) is 50.7 Å². The van der Waals surface area contributed by atoms with Crippen LogP contribution in [0.25, 0.3) is 11.1 Å². The average Bonchev–Trinajstić information content (AvgIpc) is 3.14. The van der Waals surface area contributed by atoms with Gasteiger partial charge in [0.05, 0.1) is 5.92 Å². The van der Waals surface area contributed by atoms with Crippen molar-refractivity contribution in [1.29, 1.82) is 0 Å². The number of rotatable bonds is 10. The summed E-state index contributed by atoms with van der Waals surface area (Å²) in [4.78, 5) is 36.5. The molecule has 0 spiro atoms. The zero-order valence-corrected chi connectivity index (χ0v) is 19.3. The molecule has 2 unspecified atom stereocenters. The molecule has 2 amide bonds. The predicted molar refractivity (Wildman–Crippen MR) is 126 cm³/mol. The molecule has 3 atom stereocenters. The van der Waals surface area contributed by atoms with Crippen molar-refractivity contribution in [2.45, 2.75) is 45.6 Å². The summed E-state index contributed by atoms with van der Waals surface area (Å²) in [5.41, 5.74) is 4.56. The highest BCUT2D eigenvalue weighted by Gasteiger charge is 2.30. The Morgan fingerprint density at radius 3 is 2.06 bits per heavy atom. The third-order valence-corrected chi connectivity index (χ3v) is 6.48. The van der Waals surface area contributed by atoms with Crippen molar-refractivity contribution in [2.24, 2.45) is 11.8 Å². The van der Waals surface area contributed by atoms with Gasteiger partial charge in [-0.1, -0.05) is 75.7 Å². The van der Waals surface area contributed by atoms with Crippen LogP contribution in [0.15, 0.2) is 48.5 Å². The number of carboxylic acids is 1. The molecule has 0 saturated heterocycles. The minimum Gasteiger partial charge on any atom is -0.480 e. The number of hydrogen-bond donors (Lipinski definition) is 3. The highest BCUT2D eigenvalue weighted by Crippen LogP contribution is 2.44. The Morgan fingerprint density at radius 1 is 0.970 bits per heavy atom. The van der Waals surface area contributed by atoms with Crippen molar-refractivity contribution in [3.8, 4) is 11.1 Å². The third kappa shape index (κ3) is 5.53. The molecule has 3 N–H and O–H groups in total. The van der Waals surface area contributed by atoms with Crippen molar-refractivity contribution in [1.82, 2.24) is 10.6 Å². The summed E-state index contributed by atoms with van der Waals surface area (Å²) in [6, 6.07) is 15.2. The van der Waals surface area contributed by atoms with Gasteiger partial charge in [-0.15, -0.1) is 0 Å². The lowest BCUT2D eigenvalue weighted by Gasteiger charge is -2.23. The van der Waals surface area contributed by atoms with Gasteiger partial charge in [0.1, 0.15) is 12.6 Å². The second-order valence-corrected chi connectivity index (χ2v) is 8.52. The molecule has 0 aliphatic heterocycles. The van der Waals surface area contributed by atoms with Gasteiger partial charge in [0.15, 0.2) is 0 Å². The fourth-order valence-electron chi connectivity index (χ4n) is 4.23. The molecule has 0 bridgehead atoms. The average molecular weight is 453 g/mol. The summed E-state index contributed by atoms with van der Waals surface area (Å²) in [5.74, 6) is -2.23. The lowest BCUT2D eigenvalue weighted by Crippen LogP contribution is -2.49. The molecule has 2 aromatic carbocycles. The van der Waals surface area contributed by atoms with Crippen LogP contribution in [0.5, 0.6) is 0 Å². The Balaban J connectivity index is 1.56. The van der Waals surface area contributed by atoms with Gasteiger partial charge in [0.2, 0.25) is 5.91 Å². The van der Waals surface area contributed by atoms with Gasteiger partial charge in [-0.2, -0.15) is 0 Å². The molecule has 7 heteroatoms. The van der Waals surface area contributed by atoms with E-state index in [9.17, 15) is 19.5 Å². The number of benzene rings is 2. The maximum atomic E-state index is 12.6. The van der Waals surface area contributed by atoms with E-state index in [0.29, 0.717) is 12.8 Å². The number of nitrogens with one attached hydrogen (secondary N) is 2. The van der Waals surface area contributed by atoms with E-state index in [0.717, 1.165) is 22.3 Å². The Labute approximate surface area is 194 Å². The van der Waals surface area contributed by atoms with Gasteiger partial charge >= 0.3 is 12.1 Å². The van der Waals surface area contributed by atoms with Crippen molar-refractivity contribution in [3.05, 3.63) is 59.7 Å². The second-order valence-electron chi connectivity index (χ2n) is 8.52. The summed E-state index contributed by atoms with van der Waals surface area (Å²) in [6.45, 7) is 5.75. The first-order valence-corrected chi connectivity index (χ1v) is 11.5. The van der Waals surface area contributed by atoms with Crippen LogP contribution in [0, 0.1) is 11.8 Å². The molecule has 3 rings (SSSR count). The molecular formula is C26H32N2O5. The molecule has 1 aliphatic rings. The fraction of sp³-hybridized carbons (Fsp3) is 0.423. The van der Waals surface area contributed by atoms with Crippen LogP contribution in [0.2, 0.25) is 0 Å². The number of carbonyl (C=O) groups excluding carboxylic acids is 2. The van der Waals surface area contributed by atoms with E-state index in [2.05, 4.69) is 34.9 Å². The minimum absolute atomic E-state index is 0.0414. The van der Waals surface area contributed by atoms with Crippen LogP contribution in [-0.2, 0) is 14.3 Å². The molecule has 0 saturated carbocycles. The third-order valence-electron chi connectivity index (χ3n) is 6.48. The SMILES string of the molecule is CCC(CNC(=O)OCC1c2ccccc2-c2ccccc21)C(=O)N[C@H](C(=O)O)C(C)CC. The van der Waals surface area contributed by atoms with Crippen molar-refractivity contribution < 1.29 is 24.2 Å². The highest BCUT2D eigenvalue weighted by atomic mass is 16.5. The summed E-state index contributed by atoms with van der Waals surface area (Å²) < 4.78 is 5.51. The monoisotopic (exact) mass is 452 g/mol. The summed E-state index contributed by atoms with van der Waals surface area (Å²) >= 11 is 0. The van der Waals surface area contributed by atoms with Crippen LogP contribution < -0.4 is 10.6 Å². The largest absolute Gasteiger partial charge is 0.480 e. The molecule has 7 nitrogen and oxygen atoms in total. The number of aliphatic carboxylic acids is 1. The van der Waals surface area contributed by atoms with E-state index >= 15 is 0 Å². The van der Waals surface area contributed by atoms with E-state index in [4.69, 9.17) is 4.74 Å². The highest BCUT2D eigenvalue weighted by molar-refractivity contribution is 5.85. The van der Waals surface area contributed by atoms with Gasteiger partial charge in [0.25, 0.3) is 0 Å². The molecule has 2 aromatic rings. The Hall–Kier alpha value is -3.35. The van der Waals surface area contributed by atoms with Crippen LogP contribution in [0.3, 0.4) is 0 Å².